The molecule has 0 saturated carbocycles. The zero-order chi connectivity index (χ0) is 21.6. The van der Waals surface area contributed by atoms with E-state index in [-0.39, 0.29) is 45.7 Å². The maximum Gasteiger partial charge on any atom is 0.318 e. The minimum Gasteiger partial charge on any atom is -0.426 e. The van der Waals surface area contributed by atoms with Crippen molar-refractivity contribution in [3.05, 3.63) is 48.5 Å². The average Bonchev–Trinajstić information content (AvgIpc) is 2.61. The van der Waals surface area contributed by atoms with E-state index in [1.165, 1.54) is 62.4 Å². The topological polar surface area (TPSA) is 121 Å². The number of carbonyl (C=O) groups excluding carboxylic acids is 4. The van der Waals surface area contributed by atoms with Crippen LogP contribution in [0.5, 0.6) is 11.5 Å². The molecule has 0 aromatic heterocycles. The van der Waals surface area contributed by atoms with Gasteiger partial charge in [0.15, 0.2) is 0 Å². The third-order valence-corrected chi connectivity index (χ3v) is 5.30. The highest BCUT2D eigenvalue weighted by molar-refractivity contribution is 7.91. The van der Waals surface area contributed by atoms with Gasteiger partial charge in [-0.25, -0.2) is 8.42 Å². The van der Waals surface area contributed by atoms with Gasteiger partial charge in [0.05, 0.1) is 9.79 Å². The molecule has 152 valence electrons. The molecule has 0 aliphatic carbocycles. The molecular formula is C20H18O8S. The molecule has 0 unspecified atom stereocenters. The summed E-state index contributed by atoms with van der Waals surface area (Å²) in [6.45, 7) is 2.51. The lowest BCUT2D eigenvalue weighted by molar-refractivity contribution is -0.139. The summed E-state index contributed by atoms with van der Waals surface area (Å²) in [4.78, 5) is 44.7. The van der Waals surface area contributed by atoms with Gasteiger partial charge < -0.3 is 9.47 Å². The molecule has 8 nitrogen and oxygen atoms in total. The van der Waals surface area contributed by atoms with Crippen molar-refractivity contribution in [3.8, 4) is 11.5 Å². The molecule has 0 heterocycles. The van der Waals surface area contributed by atoms with Gasteiger partial charge in [-0.05, 0) is 62.4 Å². The smallest absolute Gasteiger partial charge is 0.318 e. The van der Waals surface area contributed by atoms with Crippen LogP contribution in [0.15, 0.2) is 58.3 Å². The van der Waals surface area contributed by atoms with Crippen LogP contribution >= 0.6 is 0 Å². The van der Waals surface area contributed by atoms with E-state index in [4.69, 9.17) is 9.47 Å². The molecule has 9 heteroatoms. The highest BCUT2D eigenvalue weighted by atomic mass is 32.2. The highest BCUT2D eigenvalue weighted by Gasteiger charge is 2.19. The van der Waals surface area contributed by atoms with Crippen LogP contribution in [0.2, 0.25) is 0 Å². The van der Waals surface area contributed by atoms with E-state index < -0.39 is 21.8 Å². The first kappa shape index (κ1) is 22.0. The van der Waals surface area contributed by atoms with E-state index >= 15 is 0 Å². The minimum absolute atomic E-state index is 0.0369. The lowest BCUT2D eigenvalue weighted by Crippen LogP contribution is -2.12. The van der Waals surface area contributed by atoms with Crippen LogP contribution in [0.1, 0.15) is 26.7 Å². The van der Waals surface area contributed by atoms with E-state index in [0.29, 0.717) is 0 Å². The van der Waals surface area contributed by atoms with Crippen LogP contribution < -0.4 is 9.47 Å². The molecule has 29 heavy (non-hydrogen) atoms. The summed E-state index contributed by atoms with van der Waals surface area (Å²) in [6.07, 6.45) is -0.743. The molecular weight excluding hydrogens is 400 g/mol. The molecule has 0 fully saturated rings. The summed E-state index contributed by atoms with van der Waals surface area (Å²) in [6, 6.07) is 10.3. The Labute approximate surface area is 167 Å². The number of carbonyl (C=O) groups is 4. The Morgan fingerprint density at radius 2 is 0.966 bits per heavy atom. The van der Waals surface area contributed by atoms with Crippen molar-refractivity contribution in [1.82, 2.24) is 0 Å². The molecule has 2 rings (SSSR count). The number of hydrogen-bond acceptors (Lipinski definition) is 8. The third kappa shape index (κ3) is 6.35. The van der Waals surface area contributed by atoms with Gasteiger partial charge in [-0.1, -0.05) is 0 Å². The van der Waals surface area contributed by atoms with E-state index in [9.17, 15) is 27.6 Å². The summed E-state index contributed by atoms with van der Waals surface area (Å²) < 4.78 is 35.3. The standard InChI is InChI=1S/C20H18O8S/c1-13(21)11-19(23)27-15-3-7-17(8-4-15)29(25,26)18-9-5-16(6-10-18)28-20(24)12-14(2)22/h3-10H,11-12H2,1-2H3. The zero-order valence-corrected chi connectivity index (χ0v) is 16.5. The first-order valence-electron chi connectivity index (χ1n) is 8.43. The van der Waals surface area contributed by atoms with Gasteiger partial charge >= 0.3 is 11.9 Å². The second-order valence-corrected chi connectivity index (χ2v) is 8.10. The van der Waals surface area contributed by atoms with Crippen molar-refractivity contribution >= 4 is 33.3 Å². The van der Waals surface area contributed by atoms with Crippen molar-refractivity contribution in [2.24, 2.45) is 0 Å². The van der Waals surface area contributed by atoms with Gasteiger partial charge in [0.1, 0.15) is 35.9 Å². The van der Waals surface area contributed by atoms with E-state index in [1.54, 1.807) is 0 Å². The monoisotopic (exact) mass is 418 g/mol. The normalized spacial score (nSPS) is 10.8. The second kappa shape index (κ2) is 9.24. The zero-order valence-electron chi connectivity index (χ0n) is 15.7. The van der Waals surface area contributed by atoms with E-state index in [0.717, 1.165) is 0 Å². The molecule has 0 saturated heterocycles. The Balaban J connectivity index is 2.12. The molecule has 2 aromatic rings. The Bertz CT molecular complexity index is 955. The number of rotatable bonds is 8. The van der Waals surface area contributed by atoms with Gasteiger partial charge in [0, 0.05) is 0 Å². The second-order valence-electron chi connectivity index (χ2n) is 6.15. The van der Waals surface area contributed by atoms with Gasteiger partial charge in [0.25, 0.3) is 0 Å². The van der Waals surface area contributed by atoms with Crippen LogP contribution in [0, 0.1) is 0 Å². The molecule has 0 spiro atoms. The quantitative estimate of drug-likeness (QED) is 0.364. The fourth-order valence-corrected chi connectivity index (χ4v) is 3.51. The first-order valence-corrected chi connectivity index (χ1v) is 9.91. The van der Waals surface area contributed by atoms with Crippen LogP contribution in [0.25, 0.3) is 0 Å². The van der Waals surface area contributed by atoms with Gasteiger partial charge in [0.2, 0.25) is 9.84 Å². The van der Waals surface area contributed by atoms with Crippen molar-refractivity contribution in [2.75, 3.05) is 0 Å². The Morgan fingerprint density at radius 3 is 1.24 bits per heavy atom. The lowest BCUT2D eigenvalue weighted by atomic mass is 10.3. The number of sulfone groups is 1. The number of hydrogen-bond donors (Lipinski definition) is 0. The van der Waals surface area contributed by atoms with Crippen LogP contribution in [0.3, 0.4) is 0 Å². The van der Waals surface area contributed by atoms with Crippen LogP contribution in [-0.2, 0) is 29.0 Å². The number of ether oxygens (including phenoxy) is 2. The van der Waals surface area contributed by atoms with Gasteiger partial charge in [-0.3, -0.25) is 19.2 Å². The molecule has 0 radical (unpaired) electrons. The molecule has 0 N–H and O–H groups in total. The molecule has 0 amide bonds. The first-order chi connectivity index (χ1) is 13.6. The fourth-order valence-electron chi connectivity index (χ4n) is 2.25. The average molecular weight is 418 g/mol. The van der Waals surface area contributed by atoms with Crippen molar-refractivity contribution in [2.45, 2.75) is 36.5 Å². The van der Waals surface area contributed by atoms with Crippen LogP contribution in [-0.4, -0.2) is 31.9 Å². The van der Waals surface area contributed by atoms with Crippen molar-refractivity contribution < 1.29 is 37.1 Å². The number of esters is 2. The van der Waals surface area contributed by atoms with Gasteiger partial charge in [-0.15, -0.1) is 0 Å². The van der Waals surface area contributed by atoms with Gasteiger partial charge in [-0.2, -0.15) is 0 Å². The Morgan fingerprint density at radius 1 is 0.655 bits per heavy atom. The van der Waals surface area contributed by atoms with Crippen molar-refractivity contribution in [1.29, 1.82) is 0 Å². The fraction of sp³-hybridized carbons (Fsp3) is 0.200. The maximum absolute atomic E-state index is 12.7. The third-order valence-electron chi connectivity index (χ3n) is 3.52. The molecule has 2 aromatic carbocycles. The predicted octanol–water partition coefficient (Wildman–Crippen LogP) is 2.29. The number of benzene rings is 2. The van der Waals surface area contributed by atoms with E-state index in [1.807, 2.05) is 0 Å². The minimum atomic E-state index is -3.86. The summed E-state index contributed by atoms with van der Waals surface area (Å²) in [7, 11) is -3.86. The number of Topliss-reactive ketones (excluding diaryl/α,β-unsaturated/α-hetero) is 2. The number of ketones is 2. The Kier molecular flexibility index (Phi) is 7.00. The SMILES string of the molecule is CC(=O)CC(=O)Oc1ccc(S(=O)(=O)c2ccc(OC(=O)CC(C)=O)cc2)cc1. The predicted molar refractivity (Wildman–Crippen MR) is 100 cm³/mol. The summed E-state index contributed by atoms with van der Waals surface area (Å²) in [5.41, 5.74) is 0. The largest absolute Gasteiger partial charge is 0.426 e. The summed E-state index contributed by atoms with van der Waals surface area (Å²) in [5, 5.41) is 0. The van der Waals surface area contributed by atoms with Crippen LogP contribution in [0.4, 0.5) is 0 Å². The maximum atomic E-state index is 12.7. The molecule has 0 atom stereocenters. The summed E-state index contributed by atoms with van der Waals surface area (Å²) >= 11 is 0. The van der Waals surface area contributed by atoms with E-state index in [2.05, 4.69) is 0 Å². The molecule has 0 aliphatic rings. The summed E-state index contributed by atoms with van der Waals surface area (Å²) in [5.74, 6) is -1.92. The highest BCUT2D eigenvalue weighted by Crippen LogP contribution is 2.25. The van der Waals surface area contributed by atoms with Crippen molar-refractivity contribution in [3.63, 3.8) is 0 Å². The lowest BCUT2D eigenvalue weighted by Gasteiger charge is -2.08. The molecule has 0 aliphatic heterocycles. The molecule has 0 bridgehead atoms. The Hall–Kier alpha value is -3.33.